The summed E-state index contributed by atoms with van der Waals surface area (Å²) in [6.07, 6.45) is 0. The van der Waals surface area contributed by atoms with Crippen molar-refractivity contribution in [2.24, 2.45) is 5.73 Å². The standard InChI is InChI=1S/C9H13NS2/c1-2-11-12-9-6-4-3-5-8(9)7-10/h3-6H,2,7,10H2,1H3. The van der Waals surface area contributed by atoms with Crippen LogP contribution in [0.5, 0.6) is 0 Å². The molecule has 0 spiro atoms. The van der Waals surface area contributed by atoms with Gasteiger partial charge in [0.2, 0.25) is 0 Å². The van der Waals surface area contributed by atoms with E-state index in [4.69, 9.17) is 5.73 Å². The van der Waals surface area contributed by atoms with Crippen molar-refractivity contribution in [2.75, 3.05) is 5.75 Å². The quantitative estimate of drug-likeness (QED) is 0.755. The van der Waals surface area contributed by atoms with Crippen LogP contribution in [0.15, 0.2) is 29.2 Å². The van der Waals surface area contributed by atoms with Crippen LogP contribution in [0.2, 0.25) is 0 Å². The molecule has 0 radical (unpaired) electrons. The van der Waals surface area contributed by atoms with Crippen molar-refractivity contribution >= 4 is 21.6 Å². The third-order valence-electron chi connectivity index (χ3n) is 1.46. The molecule has 0 fully saturated rings. The Labute approximate surface area is 81.5 Å². The average Bonchev–Trinajstić information content (AvgIpc) is 2.15. The van der Waals surface area contributed by atoms with Gasteiger partial charge in [0.05, 0.1) is 0 Å². The van der Waals surface area contributed by atoms with Crippen LogP contribution in [0.25, 0.3) is 0 Å². The fourth-order valence-electron chi connectivity index (χ4n) is 0.876. The predicted octanol–water partition coefficient (Wildman–Crippen LogP) is 2.91. The summed E-state index contributed by atoms with van der Waals surface area (Å²) in [4.78, 5) is 1.30. The van der Waals surface area contributed by atoms with Crippen molar-refractivity contribution < 1.29 is 0 Å². The molecule has 0 saturated heterocycles. The van der Waals surface area contributed by atoms with Crippen molar-refractivity contribution in [1.29, 1.82) is 0 Å². The maximum absolute atomic E-state index is 5.60. The highest BCUT2D eigenvalue weighted by atomic mass is 33.1. The lowest BCUT2D eigenvalue weighted by Crippen LogP contribution is -1.97. The van der Waals surface area contributed by atoms with Crippen LogP contribution < -0.4 is 5.73 Å². The van der Waals surface area contributed by atoms with Crippen molar-refractivity contribution in [3.05, 3.63) is 29.8 Å². The SMILES string of the molecule is CCSSc1ccccc1CN. The van der Waals surface area contributed by atoms with E-state index in [-0.39, 0.29) is 0 Å². The Morgan fingerprint density at radius 1 is 1.33 bits per heavy atom. The zero-order valence-corrected chi connectivity index (χ0v) is 8.75. The van der Waals surface area contributed by atoms with E-state index < -0.39 is 0 Å². The first kappa shape index (κ1) is 9.96. The van der Waals surface area contributed by atoms with E-state index in [0.29, 0.717) is 6.54 Å². The molecule has 1 aromatic rings. The smallest absolute Gasteiger partial charge is 0.0227 e. The van der Waals surface area contributed by atoms with Gasteiger partial charge in [-0.05, 0) is 11.6 Å². The van der Waals surface area contributed by atoms with Crippen molar-refractivity contribution in [1.82, 2.24) is 0 Å². The molecule has 0 bridgehead atoms. The molecular weight excluding hydrogens is 186 g/mol. The fourth-order valence-corrected chi connectivity index (χ4v) is 2.74. The first-order valence-electron chi connectivity index (χ1n) is 3.96. The minimum Gasteiger partial charge on any atom is -0.326 e. The summed E-state index contributed by atoms with van der Waals surface area (Å²) in [5, 5.41) is 0. The third kappa shape index (κ3) is 2.73. The van der Waals surface area contributed by atoms with E-state index in [2.05, 4.69) is 25.1 Å². The highest BCUT2D eigenvalue weighted by Crippen LogP contribution is 2.32. The molecule has 0 aromatic heterocycles. The molecule has 66 valence electrons. The van der Waals surface area contributed by atoms with Crippen LogP contribution in [-0.2, 0) is 6.54 Å². The van der Waals surface area contributed by atoms with E-state index in [1.807, 2.05) is 27.7 Å². The van der Waals surface area contributed by atoms with Crippen molar-refractivity contribution in [3.63, 3.8) is 0 Å². The van der Waals surface area contributed by atoms with Gasteiger partial charge in [-0.15, -0.1) is 0 Å². The zero-order chi connectivity index (χ0) is 8.81. The molecule has 0 atom stereocenters. The summed E-state index contributed by atoms with van der Waals surface area (Å²) in [7, 11) is 3.66. The van der Waals surface area contributed by atoms with Crippen molar-refractivity contribution in [3.8, 4) is 0 Å². The molecule has 0 amide bonds. The molecule has 3 heteroatoms. The zero-order valence-electron chi connectivity index (χ0n) is 7.12. The second-order valence-corrected chi connectivity index (χ2v) is 4.93. The topological polar surface area (TPSA) is 26.0 Å². The fraction of sp³-hybridized carbons (Fsp3) is 0.333. The number of nitrogens with two attached hydrogens (primary N) is 1. The lowest BCUT2D eigenvalue weighted by molar-refractivity contribution is 1.03. The predicted molar refractivity (Wildman–Crippen MR) is 58.3 cm³/mol. The first-order chi connectivity index (χ1) is 5.88. The molecule has 0 aliphatic heterocycles. The Bertz CT molecular complexity index is 238. The maximum Gasteiger partial charge on any atom is 0.0227 e. The van der Waals surface area contributed by atoms with E-state index in [0.717, 1.165) is 5.75 Å². The highest BCUT2D eigenvalue weighted by Gasteiger charge is 1.98. The van der Waals surface area contributed by atoms with E-state index in [9.17, 15) is 0 Å². The molecule has 0 aliphatic rings. The van der Waals surface area contributed by atoms with Crippen LogP contribution in [0.3, 0.4) is 0 Å². The minimum absolute atomic E-state index is 0.632. The summed E-state index contributed by atoms with van der Waals surface area (Å²) in [5.74, 6) is 1.13. The van der Waals surface area contributed by atoms with Gasteiger partial charge in [-0.2, -0.15) is 0 Å². The van der Waals surface area contributed by atoms with Crippen LogP contribution in [0, 0.1) is 0 Å². The number of hydrogen-bond acceptors (Lipinski definition) is 3. The largest absolute Gasteiger partial charge is 0.326 e. The monoisotopic (exact) mass is 199 g/mol. The molecular formula is C9H13NS2. The Kier molecular flexibility index (Phi) is 4.58. The van der Waals surface area contributed by atoms with Crippen LogP contribution in [0.1, 0.15) is 12.5 Å². The number of hydrogen-bond donors (Lipinski definition) is 1. The van der Waals surface area contributed by atoms with Gasteiger partial charge in [0.15, 0.2) is 0 Å². The van der Waals surface area contributed by atoms with Crippen molar-refractivity contribution in [2.45, 2.75) is 18.4 Å². The third-order valence-corrected chi connectivity index (χ3v) is 3.99. The summed E-state index contributed by atoms with van der Waals surface area (Å²) in [6, 6.07) is 8.29. The Morgan fingerprint density at radius 3 is 2.75 bits per heavy atom. The summed E-state index contributed by atoms with van der Waals surface area (Å²) in [6.45, 7) is 2.79. The second kappa shape index (κ2) is 5.51. The maximum atomic E-state index is 5.60. The van der Waals surface area contributed by atoms with Gasteiger partial charge in [-0.3, -0.25) is 0 Å². The molecule has 0 aliphatic carbocycles. The van der Waals surface area contributed by atoms with Gasteiger partial charge >= 0.3 is 0 Å². The Morgan fingerprint density at radius 2 is 2.08 bits per heavy atom. The molecule has 1 aromatic carbocycles. The van der Waals surface area contributed by atoms with Gasteiger partial charge in [-0.25, -0.2) is 0 Å². The molecule has 1 nitrogen and oxygen atoms in total. The Balaban J connectivity index is 2.68. The summed E-state index contributed by atoms with van der Waals surface area (Å²) >= 11 is 0. The molecule has 0 unspecified atom stereocenters. The van der Waals surface area contributed by atoms with E-state index in [1.54, 1.807) is 0 Å². The molecule has 0 saturated carbocycles. The Hall–Kier alpha value is -0.120. The second-order valence-electron chi connectivity index (χ2n) is 2.30. The number of benzene rings is 1. The molecule has 0 heterocycles. The van der Waals surface area contributed by atoms with Gasteiger partial charge in [-0.1, -0.05) is 46.7 Å². The number of rotatable bonds is 4. The normalized spacial score (nSPS) is 10.2. The van der Waals surface area contributed by atoms with E-state index in [1.165, 1.54) is 10.5 Å². The molecule has 12 heavy (non-hydrogen) atoms. The van der Waals surface area contributed by atoms with Crippen LogP contribution in [-0.4, -0.2) is 5.75 Å². The van der Waals surface area contributed by atoms with Gasteiger partial charge in [0, 0.05) is 17.2 Å². The van der Waals surface area contributed by atoms with Crippen LogP contribution >= 0.6 is 21.6 Å². The molecule has 2 N–H and O–H groups in total. The summed E-state index contributed by atoms with van der Waals surface area (Å²) < 4.78 is 0. The van der Waals surface area contributed by atoms with Gasteiger partial charge in [0.1, 0.15) is 0 Å². The van der Waals surface area contributed by atoms with E-state index >= 15 is 0 Å². The summed E-state index contributed by atoms with van der Waals surface area (Å²) in [5.41, 5.74) is 6.84. The minimum atomic E-state index is 0.632. The average molecular weight is 199 g/mol. The molecule has 1 rings (SSSR count). The first-order valence-corrected chi connectivity index (χ1v) is 6.27. The van der Waals surface area contributed by atoms with Crippen LogP contribution in [0.4, 0.5) is 0 Å². The van der Waals surface area contributed by atoms with Gasteiger partial charge in [0.25, 0.3) is 0 Å². The lowest BCUT2D eigenvalue weighted by Gasteiger charge is -2.04. The lowest BCUT2D eigenvalue weighted by atomic mass is 10.2. The van der Waals surface area contributed by atoms with Gasteiger partial charge < -0.3 is 5.73 Å². The highest BCUT2D eigenvalue weighted by molar-refractivity contribution is 8.76.